The van der Waals surface area contributed by atoms with E-state index in [1.807, 2.05) is 13.8 Å². The molecule has 1 heterocycles. The van der Waals surface area contributed by atoms with Gasteiger partial charge in [-0.2, -0.15) is 0 Å². The summed E-state index contributed by atoms with van der Waals surface area (Å²) in [6.45, 7) is 6.78. The fourth-order valence-corrected chi connectivity index (χ4v) is 1.39. The molecular weight excluding hydrogens is 156 g/mol. The van der Waals surface area contributed by atoms with Crippen LogP contribution in [0, 0.1) is 5.92 Å². The summed E-state index contributed by atoms with van der Waals surface area (Å²) in [6.07, 6.45) is 0.927. The van der Waals surface area contributed by atoms with Crippen LogP contribution in [-0.4, -0.2) is 30.2 Å². The molecule has 1 aliphatic heterocycles. The molecule has 3 heteroatoms. The molecule has 0 unspecified atom stereocenters. The third-order valence-corrected chi connectivity index (χ3v) is 2.25. The Balaban J connectivity index is 2.36. The van der Waals surface area contributed by atoms with Gasteiger partial charge in [-0.15, -0.1) is 0 Å². The first-order valence-corrected chi connectivity index (χ1v) is 4.48. The molecule has 0 amide bonds. The molecule has 1 aliphatic rings. The molecule has 12 heavy (non-hydrogen) atoms. The summed E-state index contributed by atoms with van der Waals surface area (Å²) >= 11 is 0. The van der Waals surface area contributed by atoms with Crippen LogP contribution in [0.1, 0.15) is 27.2 Å². The van der Waals surface area contributed by atoms with Crippen LogP contribution < -0.4 is 0 Å². The lowest BCUT2D eigenvalue weighted by molar-refractivity contribution is -0.144. The van der Waals surface area contributed by atoms with Crippen LogP contribution in [0.2, 0.25) is 0 Å². The quantitative estimate of drug-likeness (QED) is 0.697. The molecule has 0 radical (unpaired) electrons. The van der Waals surface area contributed by atoms with Crippen LogP contribution in [0.3, 0.4) is 0 Å². The zero-order valence-corrected chi connectivity index (χ0v) is 8.04. The number of hydrogen-bond donors (Lipinski definition) is 1. The van der Waals surface area contributed by atoms with Gasteiger partial charge in [-0.25, -0.2) is 0 Å². The maximum atomic E-state index is 8.73. The van der Waals surface area contributed by atoms with Gasteiger partial charge in [-0.3, -0.25) is 0 Å². The van der Waals surface area contributed by atoms with Crippen molar-refractivity contribution in [2.75, 3.05) is 13.2 Å². The van der Waals surface area contributed by atoms with Gasteiger partial charge in [0.2, 0.25) is 0 Å². The highest BCUT2D eigenvalue weighted by molar-refractivity contribution is 4.75. The highest BCUT2D eigenvalue weighted by Crippen LogP contribution is 2.27. The van der Waals surface area contributed by atoms with E-state index < -0.39 is 5.79 Å². The van der Waals surface area contributed by atoms with Crippen LogP contribution >= 0.6 is 0 Å². The van der Waals surface area contributed by atoms with E-state index in [2.05, 4.69) is 6.92 Å². The van der Waals surface area contributed by atoms with Crippen LogP contribution in [0.5, 0.6) is 0 Å². The van der Waals surface area contributed by atoms with Crippen molar-refractivity contribution in [1.82, 2.24) is 0 Å². The maximum absolute atomic E-state index is 8.73. The lowest BCUT2D eigenvalue weighted by atomic mass is 10.0. The molecule has 3 nitrogen and oxygen atoms in total. The minimum Gasteiger partial charge on any atom is -0.396 e. The Morgan fingerprint density at radius 1 is 1.58 bits per heavy atom. The van der Waals surface area contributed by atoms with Crippen molar-refractivity contribution in [1.29, 1.82) is 0 Å². The molecule has 1 fully saturated rings. The molecule has 0 spiro atoms. The fraction of sp³-hybridized carbons (Fsp3) is 1.00. The van der Waals surface area contributed by atoms with Gasteiger partial charge >= 0.3 is 0 Å². The van der Waals surface area contributed by atoms with Crippen LogP contribution in [0.15, 0.2) is 0 Å². The van der Waals surface area contributed by atoms with E-state index in [0.717, 1.165) is 6.42 Å². The summed E-state index contributed by atoms with van der Waals surface area (Å²) in [7, 11) is 0. The Bertz CT molecular complexity index is 145. The summed E-state index contributed by atoms with van der Waals surface area (Å²) in [5.74, 6) is -0.0641. The van der Waals surface area contributed by atoms with E-state index in [1.54, 1.807) is 0 Å². The number of hydrogen-bond acceptors (Lipinski definition) is 3. The molecule has 2 atom stereocenters. The van der Waals surface area contributed by atoms with E-state index in [0.29, 0.717) is 12.5 Å². The molecule has 0 aliphatic carbocycles. The van der Waals surface area contributed by atoms with Crippen LogP contribution in [0.25, 0.3) is 0 Å². The Kier molecular flexibility index (Phi) is 3.09. The number of aliphatic hydroxyl groups excluding tert-OH is 1. The number of aliphatic hydroxyl groups is 1. The third kappa shape index (κ3) is 2.44. The largest absolute Gasteiger partial charge is 0.396 e. The molecule has 0 aromatic carbocycles. The predicted molar refractivity (Wildman–Crippen MR) is 45.8 cm³/mol. The lowest BCUT2D eigenvalue weighted by Gasteiger charge is -2.20. The summed E-state index contributed by atoms with van der Waals surface area (Å²) in [5.41, 5.74) is 0. The smallest absolute Gasteiger partial charge is 0.163 e. The van der Waals surface area contributed by atoms with Crippen molar-refractivity contribution in [2.45, 2.75) is 39.1 Å². The highest BCUT2D eigenvalue weighted by Gasteiger charge is 2.35. The normalized spacial score (nSPS) is 30.5. The lowest BCUT2D eigenvalue weighted by Crippen LogP contribution is -2.25. The van der Waals surface area contributed by atoms with Crippen LogP contribution in [-0.2, 0) is 9.47 Å². The van der Waals surface area contributed by atoms with Crippen LogP contribution in [0.4, 0.5) is 0 Å². The molecule has 1 N–H and O–H groups in total. The molecular formula is C9H18O3. The van der Waals surface area contributed by atoms with E-state index >= 15 is 0 Å². The second-order valence-electron chi connectivity index (χ2n) is 3.86. The SMILES string of the molecule is C[C@@H](CCO)[C@H]1COC(C)(C)O1. The summed E-state index contributed by atoms with van der Waals surface area (Å²) in [5, 5.41) is 8.73. The van der Waals surface area contributed by atoms with E-state index in [4.69, 9.17) is 14.6 Å². The standard InChI is InChI=1S/C9H18O3/c1-7(4-5-10)8-6-11-9(2,3)12-8/h7-8,10H,4-6H2,1-3H3/t7-,8+/m0/s1. The molecule has 72 valence electrons. The minimum atomic E-state index is -0.436. The molecule has 0 aromatic heterocycles. The fourth-order valence-electron chi connectivity index (χ4n) is 1.39. The zero-order valence-electron chi connectivity index (χ0n) is 8.04. The van der Waals surface area contributed by atoms with E-state index in [1.165, 1.54) is 0 Å². The predicted octanol–water partition coefficient (Wildman–Crippen LogP) is 1.16. The van der Waals surface area contributed by atoms with Crippen molar-refractivity contribution in [3.05, 3.63) is 0 Å². The molecule has 0 saturated carbocycles. The van der Waals surface area contributed by atoms with Gasteiger partial charge in [-0.05, 0) is 26.2 Å². The summed E-state index contributed by atoms with van der Waals surface area (Å²) < 4.78 is 11.0. The first-order chi connectivity index (χ1) is 5.55. The third-order valence-electron chi connectivity index (χ3n) is 2.25. The molecule has 1 saturated heterocycles. The Morgan fingerprint density at radius 2 is 2.25 bits per heavy atom. The van der Waals surface area contributed by atoms with E-state index in [-0.39, 0.29) is 12.7 Å². The Hall–Kier alpha value is -0.120. The molecule has 1 rings (SSSR count). The summed E-state index contributed by atoms with van der Waals surface area (Å²) in [4.78, 5) is 0. The van der Waals surface area contributed by atoms with Crippen molar-refractivity contribution in [3.63, 3.8) is 0 Å². The first-order valence-electron chi connectivity index (χ1n) is 4.48. The van der Waals surface area contributed by atoms with Gasteiger partial charge in [-0.1, -0.05) is 6.92 Å². The van der Waals surface area contributed by atoms with Crippen molar-refractivity contribution in [3.8, 4) is 0 Å². The Labute approximate surface area is 73.7 Å². The van der Waals surface area contributed by atoms with Crippen molar-refractivity contribution < 1.29 is 14.6 Å². The maximum Gasteiger partial charge on any atom is 0.163 e. The average molecular weight is 174 g/mol. The second-order valence-corrected chi connectivity index (χ2v) is 3.86. The highest BCUT2D eigenvalue weighted by atomic mass is 16.7. The first kappa shape index (κ1) is 9.96. The molecule has 0 aromatic rings. The average Bonchev–Trinajstić information content (AvgIpc) is 2.31. The monoisotopic (exact) mass is 174 g/mol. The van der Waals surface area contributed by atoms with Gasteiger partial charge in [0.1, 0.15) is 0 Å². The van der Waals surface area contributed by atoms with Gasteiger partial charge in [0.15, 0.2) is 5.79 Å². The van der Waals surface area contributed by atoms with Gasteiger partial charge in [0.25, 0.3) is 0 Å². The summed E-state index contributed by atoms with van der Waals surface area (Å²) in [6, 6.07) is 0. The minimum absolute atomic E-state index is 0.146. The van der Waals surface area contributed by atoms with Gasteiger partial charge < -0.3 is 14.6 Å². The van der Waals surface area contributed by atoms with Gasteiger partial charge in [0.05, 0.1) is 12.7 Å². The van der Waals surface area contributed by atoms with Crippen molar-refractivity contribution >= 4 is 0 Å². The zero-order chi connectivity index (χ0) is 9.19. The van der Waals surface area contributed by atoms with E-state index in [9.17, 15) is 0 Å². The Morgan fingerprint density at radius 3 is 2.67 bits per heavy atom. The topological polar surface area (TPSA) is 38.7 Å². The number of ether oxygens (including phenoxy) is 2. The molecule has 0 bridgehead atoms. The van der Waals surface area contributed by atoms with Crippen molar-refractivity contribution in [2.24, 2.45) is 5.92 Å². The number of rotatable bonds is 3. The van der Waals surface area contributed by atoms with Gasteiger partial charge in [0, 0.05) is 6.61 Å². The second kappa shape index (κ2) is 3.73.